The average Bonchev–Trinajstić information content (AvgIpc) is 2.93. The Morgan fingerprint density at radius 3 is 2.42 bits per heavy atom. The van der Waals surface area contributed by atoms with Crippen LogP contribution in [0.1, 0.15) is 68.9 Å². The summed E-state index contributed by atoms with van der Waals surface area (Å²) in [6.45, 7) is 1.99. The standard InChI is InChI=1S/C15H21N3O/c16-11-13-15(18-9-5-2-6-10-18)19-14(17-13)12-7-3-1-4-8-12/h12H,1-10H2. The smallest absolute Gasteiger partial charge is 0.234 e. The van der Waals surface area contributed by atoms with E-state index >= 15 is 0 Å². The van der Waals surface area contributed by atoms with Crippen molar-refractivity contribution in [1.82, 2.24) is 4.98 Å². The molecule has 102 valence electrons. The third-order valence-electron chi connectivity index (χ3n) is 4.33. The number of anilines is 1. The van der Waals surface area contributed by atoms with E-state index in [0.717, 1.165) is 37.7 Å². The Labute approximate surface area is 114 Å². The van der Waals surface area contributed by atoms with Crippen molar-refractivity contribution in [1.29, 1.82) is 5.26 Å². The van der Waals surface area contributed by atoms with Gasteiger partial charge in [-0.15, -0.1) is 0 Å². The predicted octanol–water partition coefficient (Wildman–Crippen LogP) is 3.58. The number of aromatic nitrogens is 1. The Balaban J connectivity index is 1.83. The molecule has 0 atom stereocenters. The molecular formula is C15H21N3O. The maximum atomic E-state index is 9.26. The molecule has 1 aromatic rings. The Hall–Kier alpha value is -1.50. The third kappa shape index (κ3) is 2.60. The van der Waals surface area contributed by atoms with Crippen LogP contribution < -0.4 is 4.90 Å². The molecule has 0 bridgehead atoms. The normalized spacial score (nSPS) is 21.3. The molecule has 1 aromatic heterocycles. The second kappa shape index (κ2) is 5.64. The van der Waals surface area contributed by atoms with Gasteiger partial charge in [0.2, 0.25) is 17.5 Å². The molecule has 4 nitrogen and oxygen atoms in total. The van der Waals surface area contributed by atoms with E-state index in [4.69, 9.17) is 4.42 Å². The summed E-state index contributed by atoms with van der Waals surface area (Å²) in [5.74, 6) is 1.96. The lowest BCUT2D eigenvalue weighted by Crippen LogP contribution is -2.29. The van der Waals surface area contributed by atoms with Gasteiger partial charge in [0.25, 0.3) is 0 Å². The molecule has 1 aliphatic heterocycles. The molecule has 0 radical (unpaired) electrons. The third-order valence-corrected chi connectivity index (χ3v) is 4.33. The van der Waals surface area contributed by atoms with E-state index in [-0.39, 0.29) is 0 Å². The quantitative estimate of drug-likeness (QED) is 0.814. The Morgan fingerprint density at radius 2 is 1.74 bits per heavy atom. The summed E-state index contributed by atoms with van der Waals surface area (Å²) in [7, 11) is 0. The maximum absolute atomic E-state index is 9.26. The van der Waals surface area contributed by atoms with Gasteiger partial charge in [-0.3, -0.25) is 0 Å². The zero-order chi connectivity index (χ0) is 13.1. The summed E-state index contributed by atoms with van der Waals surface area (Å²) >= 11 is 0. The van der Waals surface area contributed by atoms with Crippen molar-refractivity contribution in [2.24, 2.45) is 0 Å². The maximum Gasteiger partial charge on any atom is 0.234 e. The lowest BCUT2D eigenvalue weighted by molar-refractivity contribution is 0.361. The molecular weight excluding hydrogens is 238 g/mol. The van der Waals surface area contributed by atoms with E-state index in [1.54, 1.807) is 0 Å². The van der Waals surface area contributed by atoms with E-state index in [0.29, 0.717) is 11.6 Å². The van der Waals surface area contributed by atoms with Crippen LogP contribution in [0, 0.1) is 11.3 Å². The highest BCUT2D eigenvalue weighted by Crippen LogP contribution is 2.35. The Bertz CT molecular complexity index is 462. The van der Waals surface area contributed by atoms with E-state index < -0.39 is 0 Å². The highest BCUT2D eigenvalue weighted by Gasteiger charge is 2.26. The van der Waals surface area contributed by atoms with E-state index in [1.807, 2.05) is 0 Å². The Kier molecular flexibility index (Phi) is 3.72. The summed E-state index contributed by atoms with van der Waals surface area (Å²) in [6.07, 6.45) is 9.80. The molecule has 2 aliphatic rings. The summed E-state index contributed by atoms with van der Waals surface area (Å²) < 4.78 is 5.98. The van der Waals surface area contributed by atoms with Crippen molar-refractivity contribution >= 4 is 5.88 Å². The first-order chi connectivity index (χ1) is 9.38. The molecule has 1 saturated carbocycles. The van der Waals surface area contributed by atoms with Crippen LogP contribution in [0.3, 0.4) is 0 Å². The van der Waals surface area contributed by atoms with E-state index in [9.17, 15) is 5.26 Å². The van der Waals surface area contributed by atoms with E-state index in [1.165, 1.54) is 38.5 Å². The minimum atomic E-state index is 0.430. The van der Waals surface area contributed by atoms with Crippen molar-refractivity contribution in [3.05, 3.63) is 11.6 Å². The number of oxazole rings is 1. The largest absolute Gasteiger partial charge is 0.423 e. The molecule has 0 unspecified atom stereocenters. The Morgan fingerprint density at radius 1 is 1.05 bits per heavy atom. The van der Waals surface area contributed by atoms with Gasteiger partial charge >= 0.3 is 0 Å². The first kappa shape index (κ1) is 12.5. The monoisotopic (exact) mass is 259 g/mol. The van der Waals surface area contributed by atoms with Crippen LogP contribution in [-0.4, -0.2) is 18.1 Å². The van der Waals surface area contributed by atoms with Crippen LogP contribution in [0.2, 0.25) is 0 Å². The number of rotatable bonds is 2. The molecule has 19 heavy (non-hydrogen) atoms. The second-order valence-electron chi connectivity index (χ2n) is 5.70. The van der Waals surface area contributed by atoms with Crippen molar-refractivity contribution in [3.63, 3.8) is 0 Å². The van der Waals surface area contributed by atoms with Crippen molar-refractivity contribution in [3.8, 4) is 6.07 Å². The van der Waals surface area contributed by atoms with Crippen LogP contribution in [0.15, 0.2) is 4.42 Å². The minimum Gasteiger partial charge on any atom is -0.423 e. The summed E-state index contributed by atoms with van der Waals surface area (Å²) in [4.78, 5) is 6.65. The van der Waals surface area contributed by atoms with Crippen LogP contribution in [0.5, 0.6) is 0 Å². The first-order valence-corrected chi connectivity index (χ1v) is 7.54. The fourth-order valence-electron chi connectivity index (χ4n) is 3.24. The molecule has 2 fully saturated rings. The number of piperidine rings is 1. The zero-order valence-corrected chi connectivity index (χ0v) is 11.4. The van der Waals surface area contributed by atoms with Gasteiger partial charge in [0, 0.05) is 19.0 Å². The van der Waals surface area contributed by atoms with Crippen LogP contribution in [0.4, 0.5) is 5.88 Å². The van der Waals surface area contributed by atoms with Crippen LogP contribution in [-0.2, 0) is 0 Å². The van der Waals surface area contributed by atoms with E-state index in [2.05, 4.69) is 16.0 Å². The first-order valence-electron chi connectivity index (χ1n) is 7.54. The van der Waals surface area contributed by atoms with Gasteiger partial charge in [-0.2, -0.15) is 5.26 Å². The number of hydrogen-bond acceptors (Lipinski definition) is 4. The molecule has 0 aromatic carbocycles. The molecule has 4 heteroatoms. The molecule has 1 saturated heterocycles. The number of nitrogens with zero attached hydrogens (tertiary/aromatic N) is 3. The van der Waals surface area contributed by atoms with Gasteiger partial charge in [0.1, 0.15) is 6.07 Å². The molecule has 0 amide bonds. The molecule has 1 aliphatic carbocycles. The molecule has 3 rings (SSSR count). The van der Waals surface area contributed by atoms with Crippen molar-refractivity contribution < 1.29 is 4.42 Å². The second-order valence-corrected chi connectivity index (χ2v) is 5.70. The van der Waals surface area contributed by atoms with Gasteiger partial charge in [-0.05, 0) is 32.1 Å². The lowest BCUT2D eigenvalue weighted by atomic mass is 9.89. The highest BCUT2D eigenvalue weighted by molar-refractivity contribution is 5.48. The van der Waals surface area contributed by atoms with Crippen molar-refractivity contribution in [2.45, 2.75) is 57.3 Å². The predicted molar refractivity (Wildman–Crippen MR) is 73.1 cm³/mol. The van der Waals surface area contributed by atoms with Crippen LogP contribution in [0.25, 0.3) is 0 Å². The molecule has 0 spiro atoms. The van der Waals surface area contributed by atoms with Gasteiger partial charge in [-0.1, -0.05) is 19.3 Å². The average molecular weight is 259 g/mol. The van der Waals surface area contributed by atoms with Crippen LogP contribution >= 0.6 is 0 Å². The lowest BCUT2D eigenvalue weighted by Gasteiger charge is -2.26. The van der Waals surface area contributed by atoms with Gasteiger partial charge in [0.15, 0.2) is 0 Å². The summed E-state index contributed by atoms with van der Waals surface area (Å²) in [6, 6.07) is 2.21. The zero-order valence-electron chi connectivity index (χ0n) is 11.4. The fourth-order valence-corrected chi connectivity index (χ4v) is 3.24. The summed E-state index contributed by atoms with van der Waals surface area (Å²) in [5.41, 5.74) is 0.488. The number of nitriles is 1. The van der Waals surface area contributed by atoms with Gasteiger partial charge in [0.05, 0.1) is 0 Å². The minimum absolute atomic E-state index is 0.430. The van der Waals surface area contributed by atoms with Gasteiger partial charge in [-0.25, -0.2) is 4.98 Å². The highest BCUT2D eigenvalue weighted by atomic mass is 16.4. The SMILES string of the molecule is N#Cc1nc(C2CCCCC2)oc1N1CCCCC1. The molecule has 2 heterocycles. The number of hydrogen-bond donors (Lipinski definition) is 0. The topological polar surface area (TPSA) is 53.1 Å². The van der Waals surface area contributed by atoms with Crippen molar-refractivity contribution in [2.75, 3.05) is 18.0 Å². The fraction of sp³-hybridized carbons (Fsp3) is 0.733. The molecule has 0 N–H and O–H groups in total. The van der Waals surface area contributed by atoms with Gasteiger partial charge < -0.3 is 9.32 Å². The summed E-state index contributed by atoms with van der Waals surface area (Å²) in [5, 5.41) is 9.26.